The van der Waals surface area contributed by atoms with E-state index in [9.17, 15) is 9.59 Å². The average molecular weight is 532 g/mol. The Morgan fingerprint density at radius 2 is 1.82 bits per heavy atom. The van der Waals surface area contributed by atoms with Gasteiger partial charge in [-0.2, -0.15) is 0 Å². The molecule has 38 heavy (non-hydrogen) atoms. The van der Waals surface area contributed by atoms with Crippen molar-refractivity contribution >= 4 is 12.3 Å². The zero-order valence-corrected chi connectivity index (χ0v) is 24.4. The molecular formula is C32H53NO5. The van der Waals surface area contributed by atoms with Crippen LogP contribution in [-0.2, 0) is 23.8 Å². The number of hydrogen-bond acceptors (Lipinski definition) is 6. The third kappa shape index (κ3) is 5.74. The summed E-state index contributed by atoms with van der Waals surface area (Å²) in [7, 11) is 0. The number of esters is 1. The third-order valence-corrected chi connectivity index (χ3v) is 11.9. The summed E-state index contributed by atoms with van der Waals surface area (Å²) >= 11 is 0. The Hall–Kier alpha value is -0.980. The first-order valence-electron chi connectivity index (χ1n) is 15.7. The molecule has 0 saturated heterocycles. The molecule has 0 aromatic carbocycles. The highest BCUT2D eigenvalue weighted by Crippen LogP contribution is 2.61. The second-order valence-electron chi connectivity index (χ2n) is 14.7. The van der Waals surface area contributed by atoms with Crippen LogP contribution >= 0.6 is 0 Å². The Morgan fingerprint density at radius 1 is 1.05 bits per heavy atom. The molecule has 0 radical (unpaired) electrons. The average Bonchev–Trinajstić information content (AvgIpc) is 3.14. The fourth-order valence-corrected chi connectivity index (χ4v) is 9.47. The Kier molecular flexibility index (Phi) is 8.63. The molecule has 5 aliphatic rings. The first-order valence-corrected chi connectivity index (χ1v) is 15.7. The van der Waals surface area contributed by atoms with E-state index in [2.05, 4.69) is 27.7 Å². The molecular weight excluding hydrogens is 478 g/mol. The first kappa shape index (κ1) is 28.5. The monoisotopic (exact) mass is 531 g/mol. The van der Waals surface area contributed by atoms with Crippen LogP contribution in [0.5, 0.6) is 0 Å². The molecule has 5 rings (SSSR count). The summed E-state index contributed by atoms with van der Waals surface area (Å²) in [4.78, 5) is 24.1. The molecule has 0 amide bonds. The molecule has 5 saturated carbocycles. The Bertz CT molecular complexity index is 846. The van der Waals surface area contributed by atoms with Crippen LogP contribution in [0.3, 0.4) is 0 Å². The van der Waals surface area contributed by atoms with E-state index >= 15 is 0 Å². The van der Waals surface area contributed by atoms with Gasteiger partial charge in [-0.15, -0.1) is 0 Å². The van der Waals surface area contributed by atoms with Crippen LogP contribution in [0.15, 0.2) is 0 Å². The highest BCUT2D eigenvalue weighted by Gasteiger charge is 2.59. The van der Waals surface area contributed by atoms with Gasteiger partial charge < -0.3 is 24.7 Å². The molecule has 0 spiro atoms. The van der Waals surface area contributed by atoms with E-state index in [1.807, 2.05) is 0 Å². The number of ether oxygens (including phenoxy) is 3. The number of fused-ring (bicyclic) bond motifs is 4. The minimum atomic E-state index is -0.168. The van der Waals surface area contributed by atoms with E-state index in [-0.39, 0.29) is 35.7 Å². The molecule has 5 aliphatic carbocycles. The maximum Gasteiger partial charge on any atom is 0.311 e. The van der Waals surface area contributed by atoms with Gasteiger partial charge in [0.15, 0.2) is 6.79 Å². The van der Waals surface area contributed by atoms with Gasteiger partial charge in [-0.3, -0.25) is 4.79 Å². The van der Waals surface area contributed by atoms with Gasteiger partial charge in [0.2, 0.25) is 0 Å². The molecule has 11 unspecified atom stereocenters. The van der Waals surface area contributed by atoms with Crippen molar-refractivity contribution in [2.24, 2.45) is 64.4 Å². The number of aldehydes is 1. The van der Waals surface area contributed by atoms with Crippen molar-refractivity contribution in [1.29, 1.82) is 0 Å². The van der Waals surface area contributed by atoms with Gasteiger partial charge in [0.1, 0.15) is 6.29 Å². The van der Waals surface area contributed by atoms with Crippen LogP contribution in [0.2, 0.25) is 0 Å². The molecule has 5 fully saturated rings. The first-order chi connectivity index (χ1) is 18.2. The highest BCUT2D eigenvalue weighted by molar-refractivity contribution is 5.73. The van der Waals surface area contributed by atoms with Crippen LogP contribution in [-0.4, -0.2) is 43.9 Å². The summed E-state index contributed by atoms with van der Waals surface area (Å²) < 4.78 is 18.2. The van der Waals surface area contributed by atoms with Crippen molar-refractivity contribution < 1.29 is 23.8 Å². The van der Waals surface area contributed by atoms with Crippen molar-refractivity contribution in [3.63, 3.8) is 0 Å². The molecule has 0 heterocycles. The predicted molar refractivity (Wildman–Crippen MR) is 147 cm³/mol. The SMILES string of the molecule is CCC1CC(COCC2(N)CC2(C)C)C2C1CC1CC(C(=O)OCOC3CCC(CCC=O)CC3C)C2C1. The van der Waals surface area contributed by atoms with Gasteiger partial charge in [0.05, 0.1) is 18.6 Å². The van der Waals surface area contributed by atoms with Gasteiger partial charge in [0, 0.05) is 18.6 Å². The summed E-state index contributed by atoms with van der Waals surface area (Å²) in [6.45, 7) is 10.5. The molecule has 0 aromatic heterocycles. The molecule has 11 atom stereocenters. The van der Waals surface area contributed by atoms with E-state index in [1.54, 1.807) is 0 Å². The quantitative estimate of drug-likeness (QED) is 0.196. The van der Waals surface area contributed by atoms with Crippen molar-refractivity contribution in [1.82, 2.24) is 0 Å². The Morgan fingerprint density at radius 3 is 2.50 bits per heavy atom. The summed E-state index contributed by atoms with van der Waals surface area (Å²) in [5.41, 5.74) is 6.56. The maximum absolute atomic E-state index is 13.4. The van der Waals surface area contributed by atoms with E-state index in [0.29, 0.717) is 48.5 Å². The van der Waals surface area contributed by atoms with Gasteiger partial charge in [-0.05, 0) is 111 Å². The maximum atomic E-state index is 13.4. The van der Waals surface area contributed by atoms with Gasteiger partial charge in [-0.1, -0.05) is 34.1 Å². The van der Waals surface area contributed by atoms with E-state index in [0.717, 1.165) is 63.3 Å². The van der Waals surface area contributed by atoms with Crippen molar-refractivity contribution in [2.75, 3.05) is 20.0 Å². The lowest BCUT2D eigenvalue weighted by Crippen LogP contribution is -2.37. The minimum absolute atomic E-state index is 0.0106. The number of nitrogens with two attached hydrogens (primary N) is 1. The third-order valence-electron chi connectivity index (χ3n) is 11.9. The largest absolute Gasteiger partial charge is 0.438 e. The second-order valence-corrected chi connectivity index (χ2v) is 14.7. The lowest BCUT2D eigenvalue weighted by Gasteiger charge is -2.38. The molecule has 6 heteroatoms. The van der Waals surface area contributed by atoms with E-state index in [4.69, 9.17) is 19.9 Å². The molecule has 2 bridgehead atoms. The van der Waals surface area contributed by atoms with Crippen LogP contribution in [0.1, 0.15) is 98.3 Å². The summed E-state index contributed by atoms with van der Waals surface area (Å²) in [6.07, 6.45) is 12.9. The van der Waals surface area contributed by atoms with Gasteiger partial charge >= 0.3 is 5.97 Å². The predicted octanol–water partition coefficient (Wildman–Crippen LogP) is 5.76. The Balaban J connectivity index is 1.13. The van der Waals surface area contributed by atoms with Gasteiger partial charge in [0.25, 0.3) is 0 Å². The summed E-state index contributed by atoms with van der Waals surface area (Å²) in [6, 6.07) is 0. The van der Waals surface area contributed by atoms with E-state index < -0.39 is 0 Å². The lowest BCUT2D eigenvalue weighted by molar-refractivity contribution is -0.172. The highest BCUT2D eigenvalue weighted by atomic mass is 16.7. The Labute approximate surface area is 230 Å². The number of carbonyl (C=O) groups is 2. The van der Waals surface area contributed by atoms with Crippen LogP contribution in [0, 0.1) is 58.7 Å². The molecule has 6 nitrogen and oxygen atoms in total. The van der Waals surface area contributed by atoms with Crippen molar-refractivity contribution in [3.8, 4) is 0 Å². The topological polar surface area (TPSA) is 87.8 Å². The summed E-state index contributed by atoms with van der Waals surface area (Å²) in [5, 5.41) is 0. The zero-order valence-electron chi connectivity index (χ0n) is 24.4. The zero-order chi connectivity index (χ0) is 27.1. The molecule has 0 aromatic rings. The standard InChI is InChI=1S/C32H53NO5/c1-5-23-15-24(16-36-18-32(33)17-31(32,3)4)29-25(23)12-22-13-26(29)27(14-22)30(35)38-19-37-28-9-8-21(7-6-10-34)11-20(28)2/h10,20-29H,5-9,11-19,33H2,1-4H3. The van der Waals surface area contributed by atoms with Crippen molar-refractivity contribution in [3.05, 3.63) is 0 Å². The normalized spacial score (nSPS) is 45.0. The fraction of sp³-hybridized carbons (Fsp3) is 0.938. The van der Waals surface area contributed by atoms with Crippen LogP contribution in [0.25, 0.3) is 0 Å². The molecule has 0 aliphatic heterocycles. The fourth-order valence-electron chi connectivity index (χ4n) is 9.47. The number of hydrogen-bond donors (Lipinski definition) is 1. The van der Waals surface area contributed by atoms with Crippen molar-refractivity contribution in [2.45, 2.75) is 110 Å². The second kappa shape index (κ2) is 11.5. The molecule has 216 valence electrons. The van der Waals surface area contributed by atoms with Gasteiger partial charge in [-0.25, -0.2) is 0 Å². The summed E-state index contributed by atoms with van der Waals surface area (Å²) in [5.74, 6) is 4.69. The number of carbonyl (C=O) groups excluding carboxylic acids is 2. The lowest BCUT2D eigenvalue weighted by atomic mass is 9.68. The molecule has 2 N–H and O–H groups in total. The minimum Gasteiger partial charge on any atom is -0.438 e. The smallest absolute Gasteiger partial charge is 0.311 e. The number of rotatable bonds is 12. The van der Waals surface area contributed by atoms with Crippen LogP contribution < -0.4 is 5.73 Å². The van der Waals surface area contributed by atoms with E-state index in [1.165, 1.54) is 25.7 Å². The van der Waals surface area contributed by atoms with Crippen LogP contribution in [0.4, 0.5) is 0 Å².